The van der Waals surface area contributed by atoms with E-state index < -0.39 is 5.97 Å². The van der Waals surface area contributed by atoms with Crippen molar-refractivity contribution < 1.29 is 14.7 Å². The summed E-state index contributed by atoms with van der Waals surface area (Å²) in [6.07, 6.45) is 9.23. The van der Waals surface area contributed by atoms with E-state index in [4.69, 9.17) is 5.11 Å². The minimum Gasteiger partial charge on any atom is -0.480 e. The van der Waals surface area contributed by atoms with Crippen LogP contribution in [0.15, 0.2) is 0 Å². The summed E-state index contributed by atoms with van der Waals surface area (Å²) in [7, 11) is 0. The Labute approximate surface area is 115 Å². The second kappa shape index (κ2) is 6.40. The summed E-state index contributed by atoms with van der Waals surface area (Å²) in [5.41, 5.74) is 0. The molecule has 0 aromatic rings. The van der Waals surface area contributed by atoms with E-state index in [0.29, 0.717) is 5.92 Å². The summed E-state index contributed by atoms with van der Waals surface area (Å²) in [6.45, 7) is 1.84. The van der Waals surface area contributed by atoms with Gasteiger partial charge in [-0.05, 0) is 25.2 Å². The average Bonchev–Trinajstić information content (AvgIpc) is 3.20. The molecule has 1 N–H and O–H groups in total. The molecule has 108 valence electrons. The fourth-order valence-corrected chi connectivity index (χ4v) is 3.23. The molecule has 0 radical (unpaired) electrons. The molecule has 2 rings (SSSR count). The Morgan fingerprint density at radius 1 is 1.16 bits per heavy atom. The summed E-state index contributed by atoms with van der Waals surface area (Å²) in [5.74, 6) is -0.206. The lowest BCUT2D eigenvalue weighted by atomic mass is 9.83. The lowest BCUT2D eigenvalue weighted by molar-refractivity contribution is -0.146. The van der Waals surface area contributed by atoms with Gasteiger partial charge in [-0.1, -0.05) is 39.0 Å². The van der Waals surface area contributed by atoms with E-state index in [0.717, 1.165) is 19.3 Å². The van der Waals surface area contributed by atoms with Crippen molar-refractivity contribution in [1.82, 2.24) is 4.90 Å². The van der Waals surface area contributed by atoms with Gasteiger partial charge in [0.2, 0.25) is 5.91 Å². The highest BCUT2D eigenvalue weighted by molar-refractivity contribution is 5.83. The van der Waals surface area contributed by atoms with Crippen LogP contribution in [0.5, 0.6) is 0 Å². The van der Waals surface area contributed by atoms with E-state index in [1.165, 1.54) is 32.1 Å². The molecule has 1 amide bonds. The van der Waals surface area contributed by atoms with Crippen LogP contribution in [0.2, 0.25) is 0 Å². The third-order valence-corrected chi connectivity index (χ3v) is 4.41. The largest absolute Gasteiger partial charge is 0.480 e. The zero-order valence-corrected chi connectivity index (χ0v) is 11.8. The molecule has 0 saturated heterocycles. The molecular weight excluding hydrogens is 242 g/mol. The summed E-state index contributed by atoms with van der Waals surface area (Å²) >= 11 is 0. The summed E-state index contributed by atoms with van der Waals surface area (Å²) in [5, 5.41) is 8.92. The van der Waals surface area contributed by atoms with Crippen LogP contribution in [0.25, 0.3) is 0 Å². The van der Waals surface area contributed by atoms with Crippen LogP contribution < -0.4 is 0 Å². The van der Waals surface area contributed by atoms with E-state index in [2.05, 4.69) is 0 Å². The zero-order chi connectivity index (χ0) is 13.8. The van der Waals surface area contributed by atoms with Gasteiger partial charge in [-0.15, -0.1) is 0 Å². The number of carbonyl (C=O) groups is 2. The molecule has 4 heteroatoms. The van der Waals surface area contributed by atoms with E-state index in [-0.39, 0.29) is 24.4 Å². The number of carboxylic acid groups (broad SMARTS) is 1. The maximum absolute atomic E-state index is 12.4. The number of amides is 1. The van der Waals surface area contributed by atoms with Crippen molar-refractivity contribution in [2.75, 3.05) is 6.54 Å². The van der Waals surface area contributed by atoms with Crippen molar-refractivity contribution in [3.63, 3.8) is 0 Å². The predicted octanol–water partition coefficient (Wildman–Crippen LogP) is 2.67. The first kappa shape index (κ1) is 14.4. The number of carbonyl (C=O) groups excluding carboxylic acids is 1. The molecule has 19 heavy (non-hydrogen) atoms. The van der Waals surface area contributed by atoms with Gasteiger partial charge in [0.15, 0.2) is 0 Å². The summed E-state index contributed by atoms with van der Waals surface area (Å²) < 4.78 is 0. The topological polar surface area (TPSA) is 57.6 Å². The van der Waals surface area contributed by atoms with Gasteiger partial charge in [-0.3, -0.25) is 9.59 Å². The Morgan fingerprint density at radius 3 is 2.32 bits per heavy atom. The van der Waals surface area contributed by atoms with E-state index in [1.807, 2.05) is 6.92 Å². The Morgan fingerprint density at radius 2 is 1.79 bits per heavy atom. The molecule has 2 fully saturated rings. The maximum Gasteiger partial charge on any atom is 0.323 e. The molecule has 2 saturated carbocycles. The van der Waals surface area contributed by atoms with Crippen molar-refractivity contribution >= 4 is 11.9 Å². The van der Waals surface area contributed by atoms with Crippen molar-refractivity contribution in [1.29, 1.82) is 0 Å². The Kier molecular flexibility index (Phi) is 4.83. The molecule has 0 bridgehead atoms. The minimum atomic E-state index is -0.898. The quantitative estimate of drug-likeness (QED) is 0.805. The number of nitrogens with zero attached hydrogens (tertiary/aromatic N) is 1. The lowest BCUT2D eigenvalue weighted by Crippen LogP contribution is -2.41. The Balaban J connectivity index is 1.86. The van der Waals surface area contributed by atoms with Gasteiger partial charge in [-0.25, -0.2) is 0 Å². The van der Waals surface area contributed by atoms with Crippen LogP contribution >= 0.6 is 0 Å². The van der Waals surface area contributed by atoms with Crippen LogP contribution in [0.3, 0.4) is 0 Å². The minimum absolute atomic E-state index is 0.0250. The fourth-order valence-electron chi connectivity index (χ4n) is 3.23. The standard InChI is InChI=1S/C15H25NO3/c1-11(9-12-5-3-2-4-6-12)15(19)16(10-14(17)18)13-7-8-13/h11-13H,2-10H2,1H3,(H,17,18). The highest BCUT2D eigenvalue weighted by atomic mass is 16.4. The predicted molar refractivity (Wildman–Crippen MR) is 72.7 cm³/mol. The monoisotopic (exact) mass is 267 g/mol. The Hall–Kier alpha value is -1.06. The van der Waals surface area contributed by atoms with Crippen LogP contribution in [0, 0.1) is 11.8 Å². The van der Waals surface area contributed by atoms with E-state index in [9.17, 15) is 9.59 Å². The summed E-state index contributed by atoms with van der Waals surface area (Å²) in [4.78, 5) is 24.9. The molecule has 1 unspecified atom stereocenters. The first-order chi connectivity index (χ1) is 9.08. The lowest BCUT2D eigenvalue weighted by Gasteiger charge is -2.28. The van der Waals surface area contributed by atoms with Gasteiger partial charge in [0, 0.05) is 12.0 Å². The second-order valence-corrected chi connectivity index (χ2v) is 6.23. The smallest absolute Gasteiger partial charge is 0.323 e. The van der Waals surface area contributed by atoms with Gasteiger partial charge in [0.05, 0.1) is 0 Å². The molecule has 2 aliphatic rings. The van der Waals surface area contributed by atoms with Crippen LogP contribution in [0.1, 0.15) is 58.3 Å². The fraction of sp³-hybridized carbons (Fsp3) is 0.867. The number of hydrogen-bond acceptors (Lipinski definition) is 2. The van der Waals surface area contributed by atoms with Gasteiger partial charge in [0.25, 0.3) is 0 Å². The molecule has 0 aliphatic heterocycles. The van der Waals surface area contributed by atoms with Crippen LogP contribution in [-0.2, 0) is 9.59 Å². The number of carboxylic acids is 1. The van der Waals surface area contributed by atoms with E-state index >= 15 is 0 Å². The molecule has 4 nitrogen and oxygen atoms in total. The number of hydrogen-bond donors (Lipinski definition) is 1. The SMILES string of the molecule is CC(CC1CCCCC1)C(=O)N(CC(=O)O)C1CC1. The van der Waals surface area contributed by atoms with Crippen molar-refractivity contribution in [3.05, 3.63) is 0 Å². The number of aliphatic carboxylic acids is 1. The molecule has 0 heterocycles. The van der Waals surface area contributed by atoms with Crippen LogP contribution in [0.4, 0.5) is 0 Å². The van der Waals surface area contributed by atoms with Gasteiger partial charge >= 0.3 is 5.97 Å². The normalized spacial score (nSPS) is 21.9. The third-order valence-electron chi connectivity index (χ3n) is 4.41. The first-order valence-corrected chi connectivity index (χ1v) is 7.60. The molecule has 0 aromatic heterocycles. The van der Waals surface area contributed by atoms with Gasteiger partial charge < -0.3 is 10.0 Å². The second-order valence-electron chi connectivity index (χ2n) is 6.23. The van der Waals surface area contributed by atoms with Gasteiger partial charge in [0.1, 0.15) is 6.54 Å². The average molecular weight is 267 g/mol. The van der Waals surface area contributed by atoms with E-state index in [1.54, 1.807) is 4.90 Å². The highest BCUT2D eigenvalue weighted by Gasteiger charge is 2.36. The Bertz CT molecular complexity index is 332. The summed E-state index contributed by atoms with van der Waals surface area (Å²) in [6, 6.07) is 0.192. The molecule has 0 aromatic carbocycles. The molecular formula is C15H25NO3. The first-order valence-electron chi connectivity index (χ1n) is 7.60. The van der Waals surface area contributed by atoms with Crippen molar-refractivity contribution in [2.24, 2.45) is 11.8 Å². The molecule has 2 aliphatic carbocycles. The zero-order valence-electron chi connectivity index (χ0n) is 11.8. The molecule has 0 spiro atoms. The van der Waals surface area contributed by atoms with Crippen molar-refractivity contribution in [2.45, 2.75) is 64.3 Å². The van der Waals surface area contributed by atoms with Crippen molar-refractivity contribution in [3.8, 4) is 0 Å². The van der Waals surface area contributed by atoms with Gasteiger partial charge in [-0.2, -0.15) is 0 Å². The van der Waals surface area contributed by atoms with Crippen LogP contribution in [-0.4, -0.2) is 34.5 Å². The highest BCUT2D eigenvalue weighted by Crippen LogP contribution is 2.32. The third kappa shape index (κ3) is 4.22. The number of rotatable bonds is 6. The molecule has 1 atom stereocenters. The maximum atomic E-state index is 12.4.